The van der Waals surface area contributed by atoms with Crippen LogP contribution in [0.1, 0.15) is 17.5 Å². The molecule has 4 rings (SSSR count). The minimum Gasteiger partial charge on any atom is -0.478 e. The maximum Gasteiger partial charge on any atom is 0.266 e. The quantitative estimate of drug-likeness (QED) is 0.891. The zero-order chi connectivity index (χ0) is 19.7. The lowest BCUT2D eigenvalue weighted by atomic mass is 10.1. The molecule has 6 nitrogen and oxygen atoms in total. The molecule has 28 heavy (non-hydrogen) atoms. The second-order valence-corrected chi connectivity index (χ2v) is 7.38. The Bertz CT molecular complexity index is 904. The van der Waals surface area contributed by atoms with Crippen LogP contribution in [0.4, 0.5) is 11.4 Å². The average molecular weight is 379 g/mol. The average Bonchev–Trinajstić information content (AvgIpc) is 2.71. The van der Waals surface area contributed by atoms with E-state index in [0.717, 1.165) is 13.1 Å². The van der Waals surface area contributed by atoms with Crippen LogP contribution < -0.4 is 15.0 Å². The van der Waals surface area contributed by atoms with Gasteiger partial charge in [0.25, 0.3) is 5.91 Å². The van der Waals surface area contributed by atoms with Crippen LogP contribution in [0.5, 0.6) is 5.75 Å². The fourth-order valence-corrected chi connectivity index (χ4v) is 3.79. The van der Waals surface area contributed by atoms with E-state index in [1.807, 2.05) is 17.0 Å². The number of fused-ring (bicyclic) bond motifs is 1. The minimum atomic E-state index is -0.778. The highest BCUT2D eigenvalue weighted by atomic mass is 16.5. The molecular weight excluding hydrogens is 354 g/mol. The van der Waals surface area contributed by atoms with Crippen LogP contribution in [-0.2, 0) is 9.59 Å². The Morgan fingerprint density at radius 1 is 1.07 bits per heavy atom. The summed E-state index contributed by atoms with van der Waals surface area (Å²) in [6, 6.07) is 13.6. The molecule has 1 unspecified atom stereocenters. The van der Waals surface area contributed by atoms with E-state index >= 15 is 0 Å². The summed E-state index contributed by atoms with van der Waals surface area (Å²) in [5, 5.41) is 2.82. The number of para-hydroxylation sites is 2. The molecule has 2 aromatic carbocycles. The van der Waals surface area contributed by atoms with E-state index < -0.39 is 6.10 Å². The largest absolute Gasteiger partial charge is 0.478 e. The molecule has 1 N–H and O–H groups in total. The van der Waals surface area contributed by atoms with Crippen molar-refractivity contribution in [2.24, 2.45) is 0 Å². The number of carbonyl (C=O) groups is 2. The molecule has 0 aromatic heterocycles. The first kappa shape index (κ1) is 18.3. The summed E-state index contributed by atoms with van der Waals surface area (Å²) >= 11 is 0. The van der Waals surface area contributed by atoms with E-state index in [1.165, 1.54) is 16.8 Å². The summed E-state index contributed by atoms with van der Waals surface area (Å²) in [4.78, 5) is 29.2. The smallest absolute Gasteiger partial charge is 0.266 e. The van der Waals surface area contributed by atoms with Gasteiger partial charge in [-0.1, -0.05) is 24.3 Å². The van der Waals surface area contributed by atoms with Crippen molar-refractivity contribution >= 4 is 23.2 Å². The van der Waals surface area contributed by atoms with Gasteiger partial charge in [0.1, 0.15) is 5.75 Å². The lowest BCUT2D eigenvalue weighted by Gasteiger charge is -2.37. The Morgan fingerprint density at radius 3 is 2.61 bits per heavy atom. The summed E-state index contributed by atoms with van der Waals surface area (Å²) in [5.41, 5.74) is 4.45. The predicted molar refractivity (Wildman–Crippen MR) is 109 cm³/mol. The van der Waals surface area contributed by atoms with Crippen LogP contribution in [0.25, 0.3) is 0 Å². The first-order chi connectivity index (χ1) is 13.5. The Labute approximate surface area is 165 Å². The monoisotopic (exact) mass is 379 g/mol. The van der Waals surface area contributed by atoms with E-state index in [4.69, 9.17) is 4.74 Å². The molecule has 2 aliphatic rings. The second-order valence-electron chi connectivity index (χ2n) is 7.38. The molecule has 146 valence electrons. The van der Waals surface area contributed by atoms with Gasteiger partial charge in [-0.15, -0.1) is 0 Å². The van der Waals surface area contributed by atoms with Crippen molar-refractivity contribution in [1.29, 1.82) is 0 Å². The Balaban J connectivity index is 1.36. The number of ether oxygens (including phenoxy) is 1. The minimum absolute atomic E-state index is 0.0415. The fourth-order valence-electron chi connectivity index (χ4n) is 3.79. The lowest BCUT2D eigenvalue weighted by molar-refractivity contribution is -0.137. The van der Waals surface area contributed by atoms with Crippen LogP contribution in [-0.4, -0.2) is 49.0 Å². The van der Waals surface area contributed by atoms with Gasteiger partial charge >= 0.3 is 0 Å². The number of hydrogen-bond donors (Lipinski definition) is 1. The number of hydrogen-bond acceptors (Lipinski definition) is 4. The van der Waals surface area contributed by atoms with Gasteiger partial charge in [0, 0.05) is 31.9 Å². The number of nitrogens with zero attached hydrogens (tertiary/aromatic N) is 2. The van der Waals surface area contributed by atoms with Crippen molar-refractivity contribution in [3.8, 4) is 5.75 Å². The van der Waals surface area contributed by atoms with Crippen LogP contribution >= 0.6 is 0 Å². The summed E-state index contributed by atoms with van der Waals surface area (Å²) < 4.78 is 5.76. The van der Waals surface area contributed by atoms with Crippen LogP contribution in [0.15, 0.2) is 42.5 Å². The highest BCUT2D eigenvalue weighted by Gasteiger charge is 2.32. The molecule has 1 fully saturated rings. The zero-order valence-corrected chi connectivity index (χ0v) is 16.3. The first-order valence-corrected chi connectivity index (χ1v) is 9.68. The summed E-state index contributed by atoms with van der Waals surface area (Å²) in [7, 11) is 0. The summed E-state index contributed by atoms with van der Waals surface area (Å²) in [5.74, 6) is 0.306. The highest BCUT2D eigenvalue weighted by molar-refractivity contribution is 5.99. The van der Waals surface area contributed by atoms with Crippen molar-refractivity contribution < 1.29 is 14.3 Å². The number of rotatable bonds is 3. The van der Waals surface area contributed by atoms with Gasteiger partial charge in [-0.3, -0.25) is 9.59 Å². The maximum absolute atomic E-state index is 12.7. The predicted octanol–water partition coefficient (Wildman–Crippen LogP) is 2.74. The van der Waals surface area contributed by atoms with Gasteiger partial charge in [0.2, 0.25) is 5.91 Å². The molecule has 2 amide bonds. The number of piperazine rings is 1. The highest BCUT2D eigenvalue weighted by Crippen LogP contribution is 2.30. The number of amides is 2. The summed E-state index contributed by atoms with van der Waals surface area (Å²) in [6.07, 6.45) is -0.719. The first-order valence-electron chi connectivity index (χ1n) is 9.68. The maximum atomic E-state index is 12.7. The van der Waals surface area contributed by atoms with Crippen LogP contribution in [0.3, 0.4) is 0 Å². The third kappa shape index (κ3) is 3.54. The molecule has 2 aromatic rings. The van der Waals surface area contributed by atoms with E-state index in [9.17, 15) is 9.59 Å². The SMILES string of the molecule is Cc1cccc(N2CCN(C(=O)CC3Oc4ccccc4NC3=O)CC2)c1C. The molecule has 0 radical (unpaired) electrons. The summed E-state index contributed by atoms with van der Waals surface area (Å²) in [6.45, 7) is 7.13. The molecule has 2 aliphatic heterocycles. The topological polar surface area (TPSA) is 61.9 Å². The van der Waals surface area contributed by atoms with Crippen molar-refractivity contribution in [3.63, 3.8) is 0 Å². The van der Waals surface area contributed by atoms with Gasteiger partial charge in [-0.2, -0.15) is 0 Å². The molecule has 0 spiro atoms. The molecule has 1 saturated heterocycles. The van der Waals surface area contributed by atoms with Gasteiger partial charge in [0.15, 0.2) is 6.10 Å². The van der Waals surface area contributed by atoms with Gasteiger partial charge in [-0.05, 0) is 43.2 Å². The number of nitrogens with one attached hydrogen (secondary N) is 1. The van der Waals surface area contributed by atoms with Crippen molar-refractivity contribution in [1.82, 2.24) is 4.90 Å². The van der Waals surface area contributed by atoms with Crippen molar-refractivity contribution in [3.05, 3.63) is 53.6 Å². The standard InChI is InChI=1S/C22H25N3O3/c1-15-6-5-8-18(16(15)2)24-10-12-25(13-11-24)21(26)14-20-22(27)23-17-7-3-4-9-19(17)28-20/h3-9,20H,10-14H2,1-2H3,(H,23,27). The normalized spacial score (nSPS) is 18.9. The molecule has 0 aliphatic carbocycles. The number of benzene rings is 2. The van der Waals surface area contributed by atoms with Gasteiger partial charge in [0.05, 0.1) is 12.1 Å². The molecule has 0 saturated carbocycles. The Hall–Kier alpha value is -3.02. The van der Waals surface area contributed by atoms with E-state index in [2.05, 4.69) is 42.3 Å². The van der Waals surface area contributed by atoms with E-state index in [1.54, 1.807) is 12.1 Å². The second kappa shape index (κ2) is 7.54. The number of anilines is 2. The molecule has 0 bridgehead atoms. The van der Waals surface area contributed by atoms with E-state index in [-0.39, 0.29) is 18.2 Å². The third-order valence-corrected chi connectivity index (χ3v) is 5.62. The van der Waals surface area contributed by atoms with Crippen molar-refractivity contribution in [2.45, 2.75) is 26.4 Å². The van der Waals surface area contributed by atoms with Crippen molar-refractivity contribution in [2.75, 3.05) is 36.4 Å². The van der Waals surface area contributed by atoms with Crippen LogP contribution in [0.2, 0.25) is 0 Å². The Morgan fingerprint density at radius 2 is 1.82 bits per heavy atom. The third-order valence-electron chi connectivity index (χ3n) is 5.62. The molecule has 6 heteroatoms. The molecular formula is C22H25N3O3. The molecule has 2 heterocycles. The lowest BCUT2D eigenvalue weighted by Crippen LogP contribution is -2.50. The zero-order valence-electron chi connectivity index (χ0n) is 16.3. The Kier molecular flexibility index (Phi) is 4.94. The number of carbonyl (C=O) groups excluding carboxylic acids is 2. The van der Waals surface area contributed by atoms with Gasteiger partial charge in [-0.25, -0.2) is 0 Å². The molecule has 1 atom stereocenters. The van der Waals surface area contributed by atoms with Crippen LogP contribution in [0, 0.1) is 13.8 Å². The fraction of sp³-hybridized carbons (Fsp3) is 0.364. The van der Waals surface area contributed by atoms with E-state index in [0.29, 0.717) is 24.5 Å². The number of aryl methyl sites for hydroxylation is 1. The van der Waals surface area contributed by atoms with Gasteiger partial charge < -0.3 is 19.9 Å².